The number of anilines is 1. The minimum atomic E-state index is -3.67. The first-order chi connectivity index (χ1) is 12.8. The zero-order chi connectivity index (χ0) is 19.6. The number of nitrogens with one attached hydrogen (secondary N) is 1. The number of nitrogens with zero attached hydrogens (tertiary/aromatic N) is 2. The first kappa shape index (κ1) is 19.8. The largest absolute Gasteiger partial charge is 0.322 e. The van der Waals surface area contributed by atoms with Gasteiger partial charge in [0.1, 0.15) is 0 Å². The Hall–Kier alpha value is -1.93. The zero-order valence-electron chi connectivity index (χ0n) is 15.3. The topological polar surface area (TPSA) is 69.7 Å². The summed E-state index contributed by atoms with van der Waals surface area (Å²) >= 11 is 6.16. The molecule has 144 valence electrons. The van der Waals surface area contributed by atoms with Crippen LogP contribution in [0.5, 0.6) is 0 Å². The van der Waals surface area contributed by atoms with Crippen molar-refractivity contribution in [2.24, 2.45) is 0 Å². The quantitative estimate of drug-likeness (QED) is 0.846. The Morgan fingerprint density at radius 1 is 1.04 bits per heavy atom. The molecule has 3 rings (SSSR count). The van der Waals surface area contributed by atoms with Gasteiger partial charge < -0.3 is 10.2 Å². The van der Waals surface area contributed by atoms with E-state index in [0.29, 0.717) is 31.9 Å². The van der Waals surface area contributed by atoms with Gasteiger partial charge in [-0.15, -0.1) is 0 Å². The van der Waals surface area contributed by atoms with Gasteiger partial charge in [0, 0.05) is 31.9 Å². The zero-order valence-corrected chi connectivity index (χ0v) is 16.8. The summed E-state index contributed by atoms with van der Waals surface area (Å²) in [4.78, 5) is 14.8. The van der Waals surface area contributed by atoms with Gasteiger partial charge in [0.15, 0.2) is 0 Å². The second-order valence-corrected chi connectivity index (χ2v) is 9.01. The molecule has 0 aromatic heterocycles. The van der Waals surface area contributed by atoms with Gasteiger partial charge in [0.05, 0.1) is 15.5 Å². The minimum absolute atomic E-state index is 0.0745. The molecule has 1 saturated heterocycles. The van der Waals surface area contributed by atoms with Gasteiger partial charge in [-0.1, -0.05) is 29.3 Å². The van der Waals surface area contributed by atoms with E-state index in [2.05, 4.69) is 10.2 Å². The van der Waals surface area contributed by atoms with E-state index in [-0.39, 0.29) is 15.5 Å². The molecule has 1 N–H and O–H groups in total. The lowest BCUT2D eigenvalue weighted by Crippen LogP contribution is -2.47. The SMILES string of the molecule is Cc1ccc(NC(=O)c2cc(S(=O)(=O)N3CCN(C)CC3)ccc2Cl)cc1. The summed E-state index contributed by atoms with van der Waals surface area (Å²) < 4.78 is 27.3. The molecule has 1 amide bonds. The molecule has 6 nitrogen and oxygen atoms in total. The number of hydrogen-bond donors (Lipinski definition) is 1. The number of amides is 1. The third kappa shape index (κ3) is 4.50. The lowest BCUT2D eigenvalue weighted by atomic mass is 10.2. The van der Waals surface area contributed by atoms with Crippen LogP contribution in [0.1, 0.15) is 15.9 Å². The molecule has 8 heteroatoms. The Morgan fingerprint density at radius 3 is 2.30 bits per heavy atom. The molecule has 0 bridgehead atoms. The number of carbonyl (C=O) groups is 1. The number of piperazine rings is 1. The third-order valence-electron chi connectivity index (χ3n) is 4.59. The Balaban J connectivity index is 1.85. The Labute approximate surface area is 164 Å². The average Bonchev–Trinajstić information content (AvgIpc) is 2.64. The molecule has 1 aliphatic heterocycles. The fourth-order valence-electron chi connectivity index (χ4n) is 2.85. The van der Waals surface area contributed by atoms with Crippen molar-refractivity contribution < 1.29 is 13.2 Å². The van der Waals surface area contributed by atoms with Crippen LogP contribution < -0.4 is 5.32 Å². The Kier molecular flexibility index (Phi) is 5.86. The highest BCUT2D eigenvalue weighted by molar-refractivity contribution is 7.89. The normalized spacial score (nSPS) is 16.3. The van der Waals surface area contributed by atoms with E-state index in [1.54, 1.807) is 12.1 Å². The number of rotatable bonds is 4. The molecule has 1 aliphatic rings. The van der Waals surface area contributed by atoms with Crippen LogP contribution in [0.3, 0.4) is 0 Å². The highest BCUT2D eigenvalue weighted by Crippen LogP contribution is 2.24. The number of sulfonamides is 1. The van der Waals surface area contributed by atoms with Crippen molar-refractivity contribution in [2.75, 3.05) is 38.5 Å². The van der Waals surface area contributed by atoms with E-state index in [9.17, 15) is 13.2 Å². The van der Waals surface area contributed by atoms with E-state index < -0.39 is 15.9 Å². The van der Waals surface area contributed by atoms with Gasteiger partial charge in [-0.25, -0.2) is 8.42 Å². The van der Waals surface area contributed by atoms with Crippen LogP contribution in [0, 0.1) is 6.92 Å². The van der Waals surface area contributed by atoms with E-state index in [1.807, 2.05) is 26.1 Å². The molecule has 1 heterocycles. The first-order valence-electron chi connectivity index (χ1n) is 8.63. The van der Waals surface area contributed by atoms with Gasteiger partial charge in [-0.2, -0.15) is 4.31 Å². The summed E-state index contributed by atoms with van der Waals surface area (Å²) in [6, 6.07) is 11.6. The highest BCUT2D eigenvalue weighted by atomic mass is 35.5. The molecule has 0 atom stereocenters. The maximum absolute atomic E-state index is 12.9. The van der Waals surface area contributed by atoms with Gasteiger partial charge in [-0.3, -0.25) is 4.79 Å². The fourth-order valence-corrected chi connectivity index (χ4v) is 4.50. The van der Waals surface area contributed by atoms with E-state index in [1.165, 1.54) is 22.5 Å². The van der Waals surface area contributed by atoms with Crippen LogP contribution in [-0.4, -0.2) is 56.8 Å². The van der Waals surface area contributed by atoms with Crippen LogP contribution in [0.4, 0.5) is 5.69 Å². The summed E-state index contributed by atoms with van der Waals surface area (Å²) in [5.41, 5.74) is 1.83. The monoisotopic (exact) mass is 407 g/mol. The number of carbonyl (C=O) groups excluding carboxylic acids is 1. The number of likely N-dealkylation sites (N-methyl/N-ethyl adjacent to an activating group) is 1. The van der Waals surface area contributed by atoms with Crippen molar-refractivity contribution in [2.45, 2.75) is 11.8 Å². The lowest BCUT2D eigenvalue weighted by Gasteiger charge is -2.31. The van der Waals surface area contributed by atoms with E-state index in [0.717, 1.165) is 5.56 Å². The van der Waals surface area contributed by atoms with Crippen molar-refractivity contribution in [3.05, 3.63) is 58.6 Å². The first-order valence-corrected chi connectivity index (χ1v) is 10.5. The molecule has 1 fully saturated rings. The fraction of sp³-hybridized carbons (Fsp3) is 0.316. The predicted octanol–water partition coefficient (Wildman–Crippen LogP) is 2.84. The summed E-state index contributed by atoms with van der Waals surface area (Å²) in [5, 5.41) is 2.96. The lowest BCUT2D eigenvalue weighted by molar-refractivity contribution is 0.102. The van der Waals surface area contributed by atoms with Crippen molar-refractivity contribution in [1.82, 2.24) is 9.21 Å². The van der Waals surface area contributed by atoms with Crippen LogP contribution >= 0.6 is 11.6 Å². The van der Waals surface area contributed by atoms with Crippen LogP contribution in [0.25, 0.3) is 0 Å². The smallest absolute Gasteiger partial charge is 0.257 e. The van der Waals surface area contributed by atoms with Gasteiger partial charge in [-0.05, 0) is 44.3 Å². The second kappa shape index (κ2) is 7.98. The summed E-state index contributed by atoms with van der Waals surface area (Å²) in [5.74, 6) is -0.445. The van der Waals surface area contributed by atoms with Gasteiger partial charge in [0.2, 0.25) is 10.0 Å². The number of benzene rings is 2. The average molecular weight is 408 g/mol. The van der Waals surface area contributed by atoms with Gasteiger partial charge >= 0.3 is 0 Å². The molecule has 0 aliphatic carbocycles. The molecular formula is C19H22ClN3O3S. The molecule has 27 heavy (non-hydrogen) atoms. The van der Waals surface area contributed by atoms with Crippen LogP contribution in [0.15, 0.2) is 47.4 Å². The number of aryl methyl sites for hydroxylation is 1. The predicted molar refractivity (Wildman–Crippen MR) is 107 cm³/mol. The standard InChI is InChI=1S/C19H22ClN3O3S/c1-14-3-5-15(6-4-14)21-19(24)17-13-16(7-8-18(17)20)27(25,26)23-11-9-22(2)10-12-23/h3-8,13H,9-12H2,1-2H3,(H,21,24). The summed E-state index contributed by atoms with van der Waals surface area (Å²) in [7, 11) is -1.71. The molecule has 0 spiro atoms. The molecule has 0 unspecified atom stereocenters. The molecular weight excluding hydrogens is 386 g/mol. The van der Waals surface area contributed by atoms with Crippen LogP contribution in [0.2, 0.25) is 5.02 Å². The second-order valence-electron chi connectivity index (χ2n) is 6.67. The van der Waals surface area contributed by atoms with Crippen LogP contribution in [-0.2, 0) is 10.0 Å². The van der Waals surface area contributed by atoms with E-state index in [4.69, 9.17) is 11.6 Å². The summed E-state index contributed by atoms with van der Waals surface area (Å²) in [6.45, 7) is 4.15. The van der Waals surface area contributed by atoms with Crippen molar-refractivity contribution in [3.8, 4) is 0 Å². The number of halogens is 1. The Bertz CT molecular complexity index is 937. The maximum atomic E-state index is 12.9. The van der Waals surface area contributed by atoms with Crippen molar-refractivity contribution in [1.29, 1.82) is 0 Å². The molecule has 0 radical (unpaired) electrons. The van der Waals surface area contributed by atoms with Crippen molar-refractivity contribution >= 4 is 33.2 Å². The van der Waals surface area contributed by atoms with Gasteiger partial charge in [0.25, 0.3) is 5.91 Å². The maximum Gasteiger partial charge on any atom is 0.257 e. The van der Waals surface area contributed by atoms with E-state index >= 15 is 0 Å². The summed E-state index contributed by atoms with van der Waals surface area (Å²) in [6.07, 6.45) is 0. The molecule has 2 aromatic carbocycles. The third-order valence-corrected chi connectivity index (χ3v) is 6.82. The van der Waals surface area contributed by atoms with Crippen molar-refractivity contribution in [3.63, 3.8) is 0 Å². The Morgan fingerprint density at radius 2 is 1.67 bits per heavy atom. The minimum Gasteiger partial charge on any atom is -0.322 e. The molecule has 2 aromatic rings. The molecule has 0 saturated carbocycles. The number of hydrogen-bond acceptors (Lipinski definition) is 4. The highest BCUT2D eigenvalue weighted by Gasteiger charge is 2.28.